The van der Waals surface area contributed by atoms with E-state index in [1.54, 1.807) is 0 Å². The van der Waals surface area contributed by atoms with Gasteiger partial charge < -0.3 is 9.47 Å². The average molecular weight is 401 g/mol. The summed E-state index contributed by atoms with van der Waals surface area (Å²) in [5.74, 6) is 0.888. The van der Waals surface area contributed by atoms with E-state index in [2.05, 4.69) is 36.4 Å². The van der Waals surface area contributed by atoms with Crippen LogP contribution in [0.3, 0.4) is 0 Å². The van der Waals surface area contributed by atoms with Crippen molar-refractivity contribution in [2.24, 2.45) is 0 Å². The third-order valence-electron chi connectivity index (χ3n) is 5.93. The van der Waals surface area contributed by atoms with Gasteiger partial charge in [-0.2, -0.15) is 0 Å². The predicted octanol–water partition coefficient (Wildman–Crippen LogP) is 6.01. The quantitative estimate of drug-likeness (QED) is 0.475. The molecule has 0 heterocycles. The van der Waals surface area contributed by atoms with Crippen LogP contribution >= 0.6 is 0 Å². The molecule has 0 saturated heterocycles. The molecule has 0 saturated carbocycles. The lowest BCUT2D eigenvalue weighted by Gasteiger charge is -2.31. The molecule has 0 aliphatic heterocycles. The maximum absolute atomic E-state index is 11.4. The number of fused-ring (bicyclic) bond motifs is 1. The van der Waals surface area contributed by atoms with Gasteiger partial charge in [0.05, 0.1) is 0 Å². The van der Waals surface area contributed by atoms with Gasteiger partial charge in [0, 0.05) is 12.8 Å². The van der Waals surface area contributed by atoms with Crippen LogP contribution in [0.25, 0.3) is 0 Å². The van der Waals surface area contributed by atoms with Gasteiger partial charge in [-0.05, 0) is 60.6 Å². The van der Waals surface area contributed by atoms with Gasteiger partial charge in [0.15, 0.2) is 5.60 Å². The molecule has 3 aromatic rings. The number of ether oxygens (including phenoxy) is 2. The van der Waals surface area contributed by atoms with Crippen molar-refractivity contribution in [2.75, 3.05) is 6.61 Å². The zero-order chi connectivity index (χ0) is 21.0. The lowest BCUT2D eigenvalue weighted by molar-refractivity contribution is -0.147. The first-order valence-corrected chi connectivity index (χ1v) is 10.6. The summed E-state index contributed by atoms with van der Waals surface area (Å²) < 4.78 is 11.7. The average Bonchev–Trinajstić information content (AvgIpc) is 2.78. The highest BCUT2D eigenvalue weighted by Gasteiger charge is 2.31. The summed E-state index contributed by atoms with van der Waals surface area (Å²) in [6.07, 6.45) is 3.55. The van der Waals surface area contributed by atoms with Crippen LogP contribution in [-0.4, -0.2) is 12.6 Å². The van der Waals surface area contributed by atoms with Crippen LogP contribution in [0, 0.1) is 0 Å². The highest BCUT2D eigenvalue weighted by molar-refractivity contribution is 5.66. The molecule has 0 bridgehead atoms. The van der Waals surface area contributed by atoms with E-state index in [0.717, 1.165) is 11.3 Å². The van der Waals surface area contributed by atoms with Crippen molar-refractivity contribution < 1.29 is 14.3 Å². The van der Waals surface area contributed by atoms with Crippen molar-refractivity contribution in [3.05, 3.63) is 101 Å². The van der Waals surface area contributed by atoms with E-state index in [1.165, 1.54) is 42.9 Å². The third kappa shape index (κ3) is 4.40. The van der Waals surface area contributed by atoms with Crippen molar-refractivity contribution in [3.63, 3.8) is 0 Å². The van der Waals surface area contributed by atoms with Crippen LogP contribution in [0.2, 0.25) is 0 Å². The first kappa shape index (κ1) is 20.2. The molecular formula is C27H28O3. The zero-order valence-electron chi connectivity index (χ0n) is 17.6. The molecule has 2 unspecified atom stereocenters. The molecule has 3 aromatic carbocycles. The van der Waals surface area contributed by atoms with Gasteiger partial charge in [0.1, 0.15) is 12.4 Å². The molecule has 0 aromatic heterocycles. The smallest absolute Gasteiger partial charge is 0.302 e. The Kier molecular flexibility index (Phi) is 5.89. The van der Waals surface area contributed by atoms with E-state index in [-0.39, 0.29) is 12.6 Å². The molecule has 0 radical (unpaired) electrons. The summed E-state index contributed by atoms with van der Waals surface area (Å²) in [5, 5.41) is 0. The second-order valence-electron chi connectivity index (χ2n) is 8.19. The minimum Gasteiger partial charge on any atom is -0.479 e. The van der Waals surface area contributed by atoms with E-state index >= 15 is 0 Å². The van der Waals surface area contributed by atoms with Gasteiger partial charge in [0.2, 0.25) is 0 Å². The fraction of sp³-hybridized carbons (Fsp3) is 0.296. The second kappa shape index (κ2) is 8.74. The molecule has 30 heavy (non-hydrogen) atoms. The first-order chi connectivity index (χ1) is 14.5. The topological polar surface area (TPSA) is 35.5 Å². The predicted molar refractivity (Wildman–Crippen MR) is 119 cm³/mol. The molecule has 3 nitrogen and oxygen atoms in total. The zero-order valence-corrected chi connectivity index (χ0v) is 17.6. The van der Waals surface area contributed by atoms with Gasteiger partial charge in [0.25, 0.3) is 0 Å². The summed E-state index contributed by atoms with van der Waals surface area (Å²) in [6.45, 7) is 3.53. The Labute approximate surface area is 178 Å². The van der Waals surface area contributed by atoms with E-state index < -0.39 is 5.60 Å². The fourth-order valence-electron chi connectivity index (χ4n) is 4.33. The number of rotatable bonds is 6. The second-order valence-corrected chi connectivity index (χ2v) is 8.19. The highest BCUT2D eigenvalue weighted by atomic mass is 16.6. The minimum atomic E-state index is -0.758. The molecule has 154 valence electrons. The Hall–Kier alpha value is -3.07. The number of hydrogen-bond donors (Lipinski definition) is 0. The number of esters is 1. The molecule has 0 N–H and O–H groups in total. The maximum Gasteiger partial charge on any atom is 0.302 e. The molecule has 1 aliphatic rings. The van der Waals surface area contributed by atoms with Crippen molar-refractivity contribution >= 4 is 5.97 Å². The number of hydrogen-bond acceptors (Lipinski definition) is 3. The number of benzene rings is 3. The van der Waals surface area contributed by atoms with Gasteiger partial charge in [-0.25, -0.2) is 0 Å². The van der Waals surface area contributed by atoms with E-state index in [1.807, 2.05) is 49.4 Å². The van der Waals surface area contributed by atoms with Gasteiger partial charge >= 0.3 is 5.97 Å². The first-order valence-electron chi connectivity index (χ1n) is 10.6. The monoisotopic (exact) mass is 400 g/mol. The Morgan fingerprint density at radius 3 is 2.40 bits per heavy atom. The van der Waals surface area contributed by atoms with Crippen molar-refractivity contribution in [3.8, 4) is 5.75 Å². The molecule has 0 fully saturated rings. The molecule has 2 atom stereocenters. The van der Waals surface area contributed by atoms with Crippen LogP contribution in [0.15, 0.2) is 78.9 Å². The van der Waals surface area contributed by atoms with Crippen LogP contribution in [0.4, 0.5) is 0 Å². The summed E-state index contributed by atoms with van der Waals surface area (Å²) in [4.78, 5) is 11.4. The van der Waals surface area contributed by atoms with Crippen molar-refractivity contribution in [2.45, 2.75) is 44.6 Å². The Morgan fingerprint density at radius 2 is 1.67 bits per heavy atom. The molecule has 0 amide bonds. The van der Waals surface area contributed by atoms with Gasteiger partial charge in [-0.1, -0.05) is 66.7 Å². The largest absolute Gasteiger partial charge is 0.479 e. The Balaban J connectivity index is 1.57. The lowest BCUT2D eigenvalue weighted by Crippen LogP contribution is -2.35. The molecule has 1 aliphatic carbocycles. The fourth-order valence-corrected chi connectivity index (χ4v) is 4.33. The minimum absolute atomic E-state index is 0.157. The Morgan fingerprint density at radius 1 is 0.967 bits per heavy atom. The lowest BCUT2D eigenvalue weighted by atomic mass is 9.79. The standard InChI is InChI=1S/C27H28O3/c1-20(28)29-19-27(2,23-11-4-3-5-12-23)30-24-17-15-22(16-18-24)26-14-8-10-21-9-6-7-13-25(21)26/h3-7,9,11-13,15-18,26H,8,10,14,19H2,1-2H3. The molecular weight excluding hydrogens is 372 g/mol. The summed E-state index contributed by atoms with van der Waals surface area (Å²) in [7, 11) is 0. The van der Waals surface area contributed by atoms with Crippen LogP contribution in [-0.2, 0) is 21.6 Å². The maximum atomic E-state index is 11.4. The van der Waals surface area contributed by atoms with Crippen LogP contribution < -0.4 is 4.74 Å². The number of carbonyl (C=O) groups is 1. The highest BCUT2D eigenvalue weighted by Crippen LogP contribution is 2.37. The SMILES string of the molecule is CC(=O)OCC(C)(Oc1ccc(C2CCCc3ccccc32)cc1)c1ccccc1. The third-order valence-corrected chi connectivity index (χ3v) is 5.93. The summed E-state index contributed by atoms with van der Waals surface area (Å²) in [5.41, 5.74) is 4.44. The molecule has 4 rings (SSSR count). The van der Waals surface area contributed by atoms with E-state index in [4.69, 9.17) is 9.47 Å². The number of carbonyl (C=O) groups excluding carboxylic acids is 1. The molecule has 3 heteroatoms. The van der Waals surface area contributed by atoms with Crippen molar-refractivity contribution in [1.29, 1.82) is 0 Å². The summed E-state index contributed by atoms with van der Waals surface area (Å²) >= 11 is 0. The van der Waals surface area contributed by atoms with E-state index in [0.29, 0.717) is 5.92 Å². The normalized spacial score (nSPS) is 17.5. The van der Waals surface area contributed by atoms with Gasteiger partial charge in [-0.15, -0.1) is 0 Å². The van der Waals surface area contributed by atoms with Crippen LogP contribution in [0.5, 0.6) is 5.75 Å². The summed E-state index contributed by atoms with van der Waals surface area (Å²) in [6, 6.07) is 27.1. The van der Waals surface area contributed by atoms with Crippen molar-refractivity contribution in [1.82, 2.24) is 0 Å². The number of aryl methyl sites for hydroxylation is 1. The van der Waals surface area contributed by atoms with E-state index in [9.17, 15) is 4.79 Å². The Bertz CT molecular complexity index is 994. The molecule has 0 spiro atoms. The van der Waals surface area contributed by atoms with Crippen LogP contribution in [0.1, 0.15) is 54.9 Å². The van der Waals surface area contributed by atoms with Gasteiger partial charge in [-0.3, -0.25) is 4.79 Å².